The third-order valence-electron chi connectivity index (χ3n) is 6.42. The molecule has 2 aromatic carbocycles. The minimum absolute atomic E-state index is 0.0109. The summed E-state index contributed by atoms with van der Waals surface area (Å²) in [6.07, 6.45) is 1.22. The number of aryl methyl sites for hydroxylation is 1. The van der Waals surface area contributed by atoms with E-state index in [0.717, 1.165) is 11.6 Å². The van der Waals surface area contributed by atoms with Crippen LogP contribution in [-0.4, -0.2) is 48.9 Å². The van der Waals surface area contributed by atoms with Crippen LogP contribution in [0, 0.1) is 17.0 Å². The molecule has 3 rings (SSSR count). The van der Waals surface area contributed by atoms with Gasteiger partial charge < -0.3 is 26.4 Å². The monoisotopic (exact) mass is 488 g/mol. The van der Waals surface area contributed by atoms with Crippen LogP contribution in [0.5, 0.6) is 5.75 Å². The molecule has 1 fully saturated rings. The van der Waals surface area contributed by atoms with Gasteiger partial charge in [-0.25, -0.2) is 8.78 Å². The lowest BCUT2D eigenvalue weighted by molar-refractivity contribution is -0.141. The van der Waals surface area contributed by atoms with Crippen molar-refractivity contribution in [1.29, 1.82) is 0 Å². The van der Waals surface area contributed by atoms with Crippen molar-refractivity contribution in [1.82, 2.24) is 10.2 Å². The number of halogens is 2. The van der Waals surface area contributed by atoms with Crippen molar-refractivity contribution < 1.29 is 27.9 Å². The summed E-state index contributed by atoms with van der Waals surface area (Å²) in [7, 11) is 0. The third-order valence-corrected chi connectivity index (χ3v) is 6.42. The van der Waals surface area contributed by atoms with Crippen LogP contribution in [0.15, 0.2) is 36.4 Å². The number of hydrogen-bond donors (Lipinski definition) is 3. The van der Waals surface area contributed by atoms with E-state index in [1.807, 2.05) is 6.92 Å². The molecule has 10 heteroatoms. The molecule has 1 saturated heterocycles. The van der Waals surface area contributed by atoms with Gasteiger partial charge in [0.2, 0.25) is 11.8 Å². The molecule has 0 aliphatic carbocycles. The molecule has 0 atom stereocenters. The second-order valence-electron chi connectivity index (χ2n) is 8.60. The van der Waals surface area contributed by atoms with Crippen molar-refractivity contribution in [2.75, 3.05) is 26.2 Å². The predicted octanol–water partition coefficient (Wildman–Crippen LogP) is 1.89. The van der Waals surface area contributed by atoms with Crippen LogP contribution in [-0.2, 0) is 22.6 Å². The Kier molecular flexibility index (Phi) is 8.39. The van der Waals surface area contributed by atoms with Gasteiger partial charge in [-0.1, -0.05) is 25.1 Å². The fraction of sp³-hybridized carbons (Fsp3) is 0.400. The number of piperidine rings is 1. The number of hydrogen-bond acceptors (Lipinski definition) is 5. The van der Waals surface area contributed by atoms with Gasteiger partial charge in [0, 0.05) is 25.2 Å². The molecule has 0 saturated carbocycles. The molecule has 0 radical (unpaired) electrons. The molecular formula is C25H30F2N4O4. The van der Waals surface area contributed by atoms with E-state index in [1.54, 1.807) is 23.1 Å². The zero-order valence-corrected chi connectivity index (χ0v) is 19.6. The molecule has 1 heterocycles. The predicted molar refractivity (Wildman–Crippen MR) is 125 cm³/mol. The van der Waals surface area contributed by atoms with Crippen molar-refractivity contribution in [3.05, 3.63) is 64.7 Å². The molecule has 0 bridgehead atoms. The highest BCUT2D eigenvalue weighted by atomic mass is 19.2. The van der Waals surface area contributed by atoms with E-state index in [-0.39, 0.29) is 68.4 Å². The quantitative estimate of drug-likeness (QED) is 0.497. The van der Waals surface area contributed by atoms with Crippen LogP contribution in [0.4, 0.5) is 8.78 Å². The molecule has 8 nitrogen and oxygen atoms in total. The number of nitrogens with zero attached hydrogens (tertiary/aromatic N) is 1. The Morgan fingerprint density at radius 2 is 1.86 bits per heavy atom. The molecule has 0 spiro atoms. The highest BCUT2D eigenvalue weighted by molar-refractivity contribution is 5.95. The summed E-state index contributed by atoms with van der Waals surface area (Å²) in [5, 5.41) is 2.69. The fourth-order valence-electron chi connectivity index (χ4n) is 4.12. The molecule has 188 valence electrons. The van der Waals surface area contributed by atoms with Crippen molar-refractivity contribution >= 4 is 17.7 Å². The number of nitrogens with one attached hydrogen (secondary N) is 1. The van der Waals surface area contributed by atoms with Gasteiger partial charge in [-0.2, -0.15) is 0 Å². The maximum atomic E-state index is 14.1. The molecule has 3 amide bonds. The van der Waals surface area contributed by atoms with E-state index in [9.17, 15) is 23.2 Å². The smallest absolute Gasteiger partial charge is 0.252 e. The maximum absolute atomic E-state index is 14.1. The second-order valence-corrected chi connectivity index (χ2v) is 8.60. The van der Waals surface area contributed by atoms with Crippen LogP contribution in [0.2, 0.25) is 0 Å². The van der Waals surface area contributed by atoms with Gasteiger partial charge in [0.05, 0.1) is 17.5 Å². The molecule has 1 aliphatic rings. The molecule has 2 aromatic rings. The highest BCUT2D eigenvalue weighted by Gasteiger charge is 2.43. The van der Waals surface area contributed by atoms with Gasteiger partial charge in [0.1, 0.15) is 12.4 Å². The lowest BCUT2D eigenvalue weighted by Gasteiger charge is -2.40. The van der Waals surface area contributed by atoms with Crippen LogP contribution in [0.1, 0.15) is 41.3 Å². The van der Waals surface area contributed by atoms with E-state index in [0.29, 0.717) is 6.42 Å². The lowest BCUT2D eigenvalue weighted by atomic mass is 9.78. The first kappa shape index (κ1) is 26.1. The summed E-state index contributed by atoms with van der Waals surface area (Å²) in [6, 6.07) is 8.82. The number of ether oxygens (including phenoxy) is 1. The summed E-state index contributed by atoms with van der Waals surface area (Å²) in [4.78, 5) is 38.9. The first-order chi connectivity index (χ1) is 16.7. The van der Waals surface area contributed by atoms with E-state index in [4.69, 9.17) is 16.2 Å². The van der Waals surface area contributed by atoms with E-state index in [2.05, 4.69) is 5.32 Å². The number of carbonyl (C=O) groups is 3. The summed E-state index contributed by atoms with van der Waals surface area (Å²) in [6.45, 7) is 2.06. The summed E-state index contributed by atoms with van der Waals surface area (Å²) < 4.78 is 33.6. The van der Waals surface area contributed by atoms with E-state index in [1.165, 1.54) is 12.1 Å². The number of likely N-dealkylation sites (tertiary alicyclic amines) is 1. The van der Waals surface area contributed by atoms with E-state index >= 15 is 0 Å². The molecule has 0 unspecified atom stereocenters. The zero-order chi connectivity index (χ0) is 25.6. The van der Waals surface area contributed by atoms with Crippen molar-refractivity contribution in [2.24, 2.45) is 16.9 Å². The molecular weight excluding hydrogens is 458 g/mol. The maximum Gasteiger partial charge on any atom is 0.252 e. The minimum Gasteiger partial charge on any atom is -0.492 e. The number of primary amides is 1. The lowest BCUT2D eigenvalue weighted by Crippen LogP contribution is -2.53. The number of benzene rings is 2. The van der Waals surface area contributed by atoms with Crippen LogP contribution in [0.3, 0.4) is 0 Å². The van der Waals surface area contributed by atoms with Crippen molar-refractivity contribution in [3.63, 3.8) is 0 Å². The molecule has 5 N–H and O–H groups in total. The molecule has 1 aliphatic heterocycles. The largest absolute Gasteiger partial charge is 0.492 e. The number of nitrogens with two attached hydrogens (primary N) is 2. The Hall–Kier alpha value is -3.53. The van der Waals surface area contributed by atoms with E-state index < -0.39 is 28.9 Å². The number of rotatable bonds is 9. The normalized spacial score (nSPS) is 14.9. The van der Waals surface area contributed by atoms with Crippen molar-refractivity contribution in [3.8, 4) is 5.75 Å². The van der Waals surface area contributed by atoms with Gasteiger partial charge in [0.25, 0.3) is 5.91 Å². The van der Waals surface area contributed by atoms with Crippen LogP contribution in [0.25, 0.3) is 0 Å². The van der Waals surface area contributed by atoms with Crippen LogP contribution >= 0.6 is 0 Å². The third kappa shape index (κ3) is 5.94. The summed E-state index contributed by atoms with van der Waals surface area (Å²) in [5.74, 6) is -3.07. The van der Waals surface area contributed by atoms with Crippen LogP contribution < -0.4 is 21.5 Å². The highest BCUT2D eigenvalue weighted by Crippen LogP contribution is 2.34. The first-order valence-corrected chi connectivity index (χ1v) is 11.5. The topological polar surface area (TPSA) is 128 Å². The standard InChI is InChI=1S/C25H30F2N4O4/c1-2-16-6-7-18(23(29)33)20(12-16)35-15-25(8-10-31(11-9-25)21(32)13-28)24(34)30-14-17-4-3-5-19(26)22(17)27/h3-7,12H,2,8-11,13-15,28H2,1H3,(H2,29,33)(H,30,34). The zero-order valence-electron chi connectivity index (χ0n) is 19.6. The second kappa shape index (κ2) is 11.3. The Bertz CT molecular complexity index is 1100. The fourth-order valence-corrected chi connectivity index (χ4v) is 4.12. The summed E-state index contributed by atoms with van der Waals surface area (Å²) >= 11 is 0. The van der Waals surface area contributed by atoms with Gasteiger partial charge in [0.15, 0.2) is 11.6 Å². The van der Waals surface area contributed by atoms with Gasteiger partial charge in [-0.3, -0.25) is 14.4 Å². The first-order valence-electron chi connectivity index (χ1n) is 11.5. The number of amides is 3. The molecule has 35 heavy (non-hydrogen) atoms. The minimum atomic E-state index is -1.08. The Labute approximate surface area is 202 Å². The van der Waals surface area contributed by atoms with Crippen molar-refractivity contribution in [2.45, 2.75) is 32.7 Å². The summed E-state index contributed by atoms with van der Waals surface area (Å²) in [5.41, 5.74) is 11.0. The van der Waals surface area contributed by atoms with Gasteiger partial charge >= 0.3 is 0 Å². The average Bonchev–Trinajstić information content (AvgIpc) is 2.87. The number of carbonyl (C=O) groups excluding carboxylic acids is 3. The van der Waals surface area contributed by atoms with Gasteiger partial charge in [-0.05, 0) is 43.0 Å². The van der Waals surface area contributed by atoms with Gasteiger partial charge in [-0.15, -0.1) is 0 Å². The molecule has 0 aromatic heterocycles. The Balaban J connectivity index is 1.82. The average molecular weight is 489 g/mol. The Morgan fingerprint density at radius 1 is 1.14 bits per heavy atom. The SMILES string of the molecule is CCc1ccc(C(N)=O)c(OCC2(C(=O)NCc3cccc(F)c3F)CCN(C(=O)CN)CC2)c1. The Morgan fingerprint density at radius 3 is 2.49 bits per heavy atom.